The zero-order valence-corrected chi connectivity index (χ0v) is 16.4. The standard InChI is InChI=1S/C20H17FN2O2S2/c1-12-5-3-4-6-16(12)22-18(24)13(2)23-19(25)17(27-20(23)26)11-14-7-9-15(21)10-8-14/h3-11,13H,1-2H3,(H,22,24)/b17-11-. The van der Waals surface area contributed by atoms with Gasteiger partial charge in [-0.1, -0.05) is 54.3 Å². The van der Waals surface area contributed by atoms with Crippen molar-refractivity contribution in [2.24, 2.45) is 0 Å². The molecule has 1 unspecified atom stereocenters. The Bertz CT molecular complexity index is 941. The highest BCUT2D eigenvalue weighted by molar-refractivity contribution is 8.26. The summed E-state index contributed by atoms with van der Waals surface area (Å²) in [5, 5.41) is 2.84. The van der Waals surface area contributed by atoms with Crippen molar-refractivity contribution in [3.63, 3.8) is 0 Å². The van der Waals surface area contributed by atoms with Crippen LogP contribution >= 0.6 is 24.0 Å². The van der Waals surface area contributed by atoms with E-state index in [1.54, 1.807) is 31.2 Å². The minimum atomic E-state index is -0.753. The van der Waals surface area contributed by atoms with Crippen molar-refractivity contribution in [2.45, 2.75) is 19.9 Å². The van der Waals surface area contributed by atoms with E-state index in [0.717, 1.165) is 17.3 Å². The number of carbonyl (C=O) groups is 2. The molecule has 0 saturated carbocycles. The summed E-state index contributed by atoms with van der Waals surface area (Å²) in [5.41, 5.74) is 2.32. The number of anilines is 1. The molecule has 1 saturated heterocycles. The molecule has 1 heterocycles. The van der Waals surface area contributed by atoms with Gasteiger partial charge < -0.3 is 5.32 Å². The van der Waals surface area contributed by atoms with Gasteiger partial charge >= 0.3 is 0 Å². The van der Waals surface area contributed by atoms with Gasteiger partial charge in [-0.25, -0.2) is 4.39 Å². The summed E-state index contributed by atoms with van der Waals surface area (Å²) in [4.78, 5) is 27.1. The Kier molecular flexibility index (Phi) is 5.72. The van der Waals surface area contributed by atoms with Crippen LogP contribution in [0.1, 0.15) is 18.1 Å². The van der Waals surface area contributed by atoms with E-state index < -0.39 is 6.04 Å². The molecule has 27 heavy (non-hydrogen) atoms. The third-order valence-electron chi connectivity index (χ3n) is 4.16. The molecule has 138 valence electrons. The van der Waals surface area contributed by atoms with E-state index in [9.17, 15) is 14.0 Å². The molecule has 2 aromatic rings. The summed E-state index contributed by atoms with van der Waals surface area (Å²) in [7, 11) is 0. The summed E-state index contributed by atoms with van der Waals surface area (Å²) in [6.07, 6.45) is 1.64. The molecular weight excluding hydrogens is 383 g/mol. The molecular formula is C20H17FN2O2S2. The number of thioether (sulfide) groups is 1. The number of halogens is 1. The molecule has 1 aliphatic heterocycles. The average molecular weight is 401 g/mol. The van der Waals surface area contributed by atoms with E-state index in [0.29, 0.717) is 20.5 Å². The maximum Gasteiger partial charge on any atom is 0.266 e. The van der Waals surface area contributed by atoms with E-state index in [2.05, 4.69) is 5.32 Å². The molecule has 0 spiro atoms. The van der Waals surface area contributed by atoms with E-state index >= 15 is 0 Å². The summed E-state index contributed by atoms with van der Waals surface area (Å²) < 4.78 is 13.4. The van der Waals surface area contributed by atoms with E-state index in [4.69, 9.17) is 12.2 Å². The molecule has 1 atom stereocenters. The highest BCUT2D eigenvalue weighted by Crippen LogP contribution is 2.34. The monoisotopic (exact) mass is 400 g/mol. The fraction of sp³-hybridized carbons (Fsp3) is 0.150. The molecule has 0 bridgehead atoms. The molecule has 1 N–H and O–H groups in total. The lowest BCUT2D eigenvalue weighted by atomic mass is 10.2. The molecule has 0 radical (unpaired) electrons. The third kappa shape index (κ3) is 4.26. The van der Waals surface area contributed by atoms with Crippen molar-refractivity contribution in [1.82, 2.24) is 4.90 Å². The summed E-state index contributed by atoms with van der Waals surface area (Å²) in [6.45, 7) is 3.53. The number of hydrogen-bond donors (Lipinski definition) is 1. The number of hydrogen-bond acceptors (Lipinski definition) is 4. The number of carbonyl (C=O) groups excluding carboxylic acids is 2. The highest BCUT2D eigenvalue weighted by atomic mass is 32.2. The van der Waals surface area contributed by atoms with Crippen LogP contribution in [0, 0.1) is 12.7 Å². The molecule has 2 aromatic carbocycles. The SMILES string of the molecule is Cc1ccccc1NC(=O)C(C)N1C(=O)/C(=C/c2ccc(F)cc2)SC1=S. The molecule has 7 heteroatoms. The van der Waals surface area contributed by atoms with Crippen LogP contribution in [-0.2, 0) is 9.59 Å². The first kappa shape index (κ1) is 19.3. The molecule has 4 nitrogen and oxygen atoms in total. The maximum absolute atomic E-state index is 13.0. The van der Waals surface area contributed by atoms with Gasteiger partial charge in [0.1, 0.15) is 16.2 Å². The van der Waals surface area contributed by atoms with Crippen molar-refractivity contribution >= 4 is 51.9 Å². The first-order valence-corrected chi connectivity index (χ1v) is 9.48. The van der Waals surface area contributed by atoms with Crippen molar-refractivity contribution in [3.05, 3.63) is 70.4 Å². The first-order chi connectivity index (χ1) is 12.9. The highest BCUT2D eigenvalue weighted by Gasteiger charge is 2.38. The molecule has 3 rings (SSSR count). The summed E-state index contributed by atoms with van der Waals surface area (Å²) in [5.74, 6) is -0.994. The predicted octanol–water partition coefficient (Wildman–Crippen LogP) is 4.36. The van der Waals surface area contributed by atoms with Crippen LogP contribution in [0.4, 0.5) is 10.1 Å². The van der Waals surface area contributed by atoms with Gasteiger partial charge in [-0.2, -0.15) is 0 Å². The minimum absolute atomic E-state index is 0.316. The topological polar surface area (TPSA) is 49.4 Å². The Balaban J connectivity index is 1.77. The van der Waals surface area contributed by atoms with Crippen LogP contribution < -0.4 is 5.32 Å². The van der Waals surface area contributed by atoms with Crippen LogP contribution in [-0.4, -0.2) is 27.1 Å². The number of nitrogens with zero attached hydrogens (tertiary/aromatic N) is 1. The van der Waals surface area contributed by atoms with E-state index in [-0.39, 0.29) is 17.6 Å². The van der Waals surface area contributed by atoms with Crippen molar-refractivity contribution in [3.8, 4) is 0 Å². The quantitative estimate of drug-likeness (QED) is 0.612. The van der Waals surface area contributed by atoms with Crippen molar-refractivity contribution in [2.75, 3.05) is 5.32 Å². The fourth-order valence-electron chi connectivity index (χ4n) is 2.59. The lowest BCUT2D eigenvalue weighted by molar-refractivity contribution is -0.129. The number of benzene rings is 2. The summed E-state index contributed by atoms with van der Waals surface area (Å²) in [6, 6.07) is 12.5. The largest absolute Gasteiger partial charge is 0.324 e. The number of amides is 2. The molecule has 2 amide bonds. The second-order valence-corrected chi connectivity index (χ2v) is 7.76. The Morgan fingerprint density at radius 1 is 1.22 bits per heavy atom. The Hall–Kier alpha value is -2.51. The fourth-order valence-corrected chi connectivity index (χ4v) is 4.01. The molecule has 1 aliphatic rings. The number of nitrogens with one attached hydrogen (secondary N) is 1. The second kappa shape index (κ2) is 8.02. The van der Waals surface area contributed by atoms with Gasteiger partial charge in [0.25, 0.3) is 5.91 Å². The number of para-hydroxylation sites is 1. The maximum atomic E-state index is 13.0. The van der Waals surface area contributed by atoms with Gasteiger partial charge in [0.2, 0.25) is 5.91 Å². The van der Waals surface area contributed by atoms with Crippen LogP contribution in [0.25, 0.3) is 6.08 Å². The zero-order valence-electron chi connectivity index (χ0n) is 14.7. The van der Waals surface area contributed by atoms with Gasteiger partial charge in [0.05, 0.1) is 4.91 Å². The predicted molar refractivity (Wildman–Crippen MR) is 111 cm³/mol. The van der Waals surface area contributed by atoms with Gasteiger partial charge in [-0.15, -0.1) is 0 Å². The normalized spacial score (nSPS) is 16.7. The van der Waals surface area contributed by atoms with Gasteiger partial charge in [-0.05, 0) is 49.2 Å². The molecule has 0 aromatic heterocycles. The van der Waals surface area contributed by atoms with E-state index in [1.807, 2.05) is 25.1 Å². The van der Waals surface area contributed by atoms with Crippen LogP contribution in [0.2, 0.25) is 0 Å². The average Bonchev–Trinajstić information content (AvgIpc) is 2.91. The molecule has 0 aliphatic carbocycles. The first-order valence-electron chi connectivity index (χ1n) is 8.26. The van der Waals surface area contributed by atoms with Crippen LogP contribution in [0.3, 0.4) is 0 Å². The number of rotatable bonds is 4. The number of aryl methyl sites for hydroxylation is 1. The minimum Gasteiger partial charge on any atom is -0.324 e. The Morgan fingerprint density at radius 3 is 2.56 bits per heavy atom. The van der Waals surface area contributed by atoms with Gasteiger partial charge in [0.15, 0.2) is 0 Å². The Labute approximate surface area is 166 Å². The van der Waals surface area contributed by atoms with Crippen LogP contribution in [0.5, 0.6) is 0 Å². The van der Waals surface area contributed by atoms with Crippen molar-refractivity contribution in [1.29, 1.82) is 0 Å². The molecule has 1 fully saturated rings. The Morgan fingerprint density at radius 2 is 1.89 bits per heavy atom. The van der Waals surface area contributed by atoms with Crippen LogP contribution in [0.15, 0.2) is 53.4 Å². The van der Waals surface area contributed by atoms with E-state index in [1.165, 1.54) is 17.0 Å². The smallest absolute Gasteiger partial charge is 0.266 e. The second-order valence-electron chi connectivity index (χ2n) is 6.08. The summed E-state index contributed by atoms with van der Waals surface area (Å²) >= 11 is 6.44. The third-order valence-corrected chi connectivity index (χ3v) is 5.49. The van der Waals surface area contributed by atoms with Crippen molar-refractivity contribution < 1.29 is 14.0 Å². The van der Waals surface area contributed by atoms with Gasteiger partial charge in [0, 0.05) is 5.69 Å². The van der Waals surface area contributed by atoms with Gasteiger partial charge in [-0.3, -0.25) is 14.5 Å². The lowest BCUT2D eigenvalue weighted by Gasteiger charge is -2.22. The number of thiocarbonyl (C=S) groups is 1. The zero-order chi connectivity index (χ0) is 19.6. The lowest BCUT2D eigenvalue weighted by Crippen LogP contribution is -2.44.